The van der Waals surface area contributed by atoms with Gasteiger partial charge in [0.15, 0.2) is 0 Å². The lowest BCUT2D eigenvalue weighted by Crippen LogP contribution is -3.12. The number of piperidine rings is 1. The van der Waals surface area contributed by atoms with Crippen molar-refractivity contribution in [2.45, 2.75) is 70.1 Å². The molecule has 8 nitrogen and oxygen atoms in total. The fourth-order valence-corrected chi connectivity index (χ4v) is 4.47. The Kier molecular flexibility index (Phi) is 6.88. The number of carbonyl (C=O) groups excluding carboxylic acids is 1. The molecule has 1 aliphatic heterocycles. The molecular formula is C21H31FN7O+. The van der Waals surface area contributed by atoms with E-state index in [1.807, 2.05) is 0 Å². The fourth-order valence-electron chi connectivity index (χ4n) is 4.47. The second-order valence-electron chi connectivity index (χ2n) is 8.53. The second kappa shape index (κ2) is 9.97. The van der Waals surface area contributed by atoms with E-state index in [1.165, 1.54) is 36.3 Å². The Labute approximate surface area is 176 Å². The SMILES string of the molecule is O=C(NC1CCCCC1)NC1CC[NH+](Cc2nnnn2Cc2ccc(F)cc2)CC1. The predicted octanol–water partition coefficient (Wildman–Crippen LogP) is 1.04. The number of hydrogen-bond acceptors (Lipinski definition) is 4. The molecule has 1 aromatic carbocycles. The van der Waals surface area contributed by atoms with Gasteiger partial charge in [-0.05, 0) is 41.0 Å². The van der Waals surface area contributed by atoms with Crippen LogP contribution in [0.4, 0.5) is 9.18 Å². The zero-order valence-electron chi connectivity index (χ0n) is 17.3. The zero-order valence-corrected chi connectivity index (χ0v) is 17.3. The number of amides is 2. The molecule has 162 valence electrons. The van der Waals surface area contributed by atoms with Gasteiger partial charge in [0.2, 0.25) is 5.82 Å². The maximum absolute atomic E-state index is 13.1. The third-order valence-electron chi connectivity index (χ3n) is 6.23. The quantitative estimate of drug-likeness (QED) is 0.657. The average Bonchev–Trinajstić information content (AvgIpc) is 3.18. The minimum atomic E-state index is -0.246. The maximum Gasteiger partial charge on any atom is 0.315 e. The van der Waals surface area contributed by atoms with Gasteiger partial charge >= 0.3 is 6.03 Å². The van der Waals surface area contributed by atoms with Gasteiger partial charge < -0.3 is 15.5 Å². The third kappa shape index (κ3) is 5.75. The monoisotopic (exact) mass is 416 g/mol. The lowest BCUT2D eigenvalue weighted by atomic mass is 9.96. The van der Waals surface area contributed by atoms with Crippen LogP contribution in [0, 0.1) is 5.82 Å². The van der Waals surface area contributed by atoms with Crippen molar-refractivity contribution in [1.29, 1.82) is 0 Å². The van der Waals surface area contributed by atoms with Crippen LogP contribution in [0.25, 0.3) is 0 Å². The van der Waals surface area contributed by atoms with Crippen molar-refractivity contribution in [3.8, 4) is 0 Å². The number of likely N-dealkylation sites (tertiary alicyclic amines) is 1. The summed E-state index contributed by atoms with van der Waals surface area (Å²) in [5.74, 6) is 0.583. The van der Waals surface area contributed by atoms with Crippen molar-refractivity contribution in [2.75, 3.05) is 13.1 Å². The topological polar surface area (TPSA) is 89.2 Å². The average molecular weight is 417 g/mol. The Morgan fingerprint density at radius 3 is 2.40 bits per heavy atom. The molecule has 2 heterocycles. The first-order valence-electron chi connectivity index (χ1n) is 11.1. The van der Waals surface area contributed by atoms with Crippen LogP contribution in [0.5, 0.6) is 0 Å². The van der Waals surface area contributed by atoms with Crippen LogP contribution in [0.3, 0.4) is 0 Å². The molecule has 0 bridgehead atoms. The molecule has 9 heteroatoms. The molecular weight excluding hydrogens is 385 g/mol. The molecule has 1 saturated carbocycles. The minimum absolute atomic E-state index is 0.0152. The number of hydrogen-bond donors (Lipinski definition) is 3. The van der Waals surface area contributed by atoms with Crippen molar-refractivity contribution in [1.82, 2.24) is 30.8 Å². The van der Waals surface area contributed by atoms with Crippen LogP contribution in [0.2, 0.25) is 0 Å². The molecule has 0 unspecified atom stereocenters. The Bertz CT molecular complexity index is 811. The van der Waals surface area contributed by atoms with Crippen LogP contribution < -0.4 is 15.5 Å². The van der Waals surface area contributed by atoms with Crippen LogP contribution in [0.15, 0.2) is 24.3 Å². The largest absolute Gasteiger partial charge is 0.335 e. The van der Waals surface area contributed by atoms with Crippen LogP contribution in [-0.2, 0) is 13.1 Å². The lowest BCUT2D eigenvalue weighted by Gasteiger charge is -2.30. The smallest absolute Gasteiger partial charge is 0.315 e. The molecule has 2 fully saturated rings. The normalized spacial score (nSPS) is 22.6. The van der Waals surface area contributed by atoms with Gasteiger partial charge in [-0.25, -0.2) is 13.9 Å². The van der Waals surface area contributed by atoms with Crippen LogP contribution in [0.1, 0.15) is 56.3 Å². The Balaban J connectivity index is 1.22. The highest BCUT2D eigenvalue weighted by Crippen LogP contribution is 2.17. The Morgan fingerprint density at radius 2 is 1.70 bits per heavy atom. The molecule has 0 spiro atoms. The molecule has 2 amide bonds. The number of nitrogens with one attached hydrogen (secondary N) is 3. The number of rotatable bonds is 6. The summed E-state index contributed by atoms with van der Waals surface area (Å²) < 4.78 is 14.9. The number of quaternary nitrogens is 1. The van der Waals surface area contributed by atoms with Crippen molar-refractivity contribution in [3.05, 3.63) is 41.5 Å². The molecule has 0 atom stereocenters. The number of carbonyl (C=O) groups is 1. The van der Waals surface area contributed by atoms with E-state index in [4.69, 9.17) is 0 Å². The molecule has 30 heavy (non-hydrogen) atoms. The summed E-state index contributed by atoms with van der Waals surface area (Å²) >= 11 is 0. The summed E-state index contributed by atoms with van der Waals surface area (Å²) in [6.07, 6.45) is 7.82. The Hall–Kier alpha value is -2.55. The highest BCUT2D eigenvalue weighted by molar-refractivity contribution is 5.74. The van der Waals surface area contributed by atoms with Gasteiger partial charge in [-0.2, -0.15) is 0 Å². The number of aromatic nitrogens is 4. The van der Waals surface area contributed by atoms with Gasteiger partial charge in [0.25, 0.3) is 0 Å². The van der Waals surface area contributed by atoms with Gasteiger partial charge in [0, 0.05) is 24.9 Å². The van der Waals surface area contributed by atoms with Crippen molar-refractivity contribution < 1.29 is 14.1 Å². The Morgan fingerprint density at radius 1 is 1.03 bits per heavy atom. The first-order valence-corrected chi connectivity index (χ1v) is 11.1. The van der Waals surface area contributed by atoms with Gasteiger partial charge in [0.05, 0.1) is 19.6 Å². The summed E-state index contributed by atoms with van der Waals surface area (Å²) in [6, 6.07) is 6.96. The number of nitrogens with zero attached hydrogens (tertiary/aromatic N) is 4. The van der Waals surface area contributed by atoms with Gasteiger partial charge in [-0.15, -0.1) is 5.10 Å². The molecule has 4 rings (SSSR count). The first-order chi connectivity index (χ1) is 14.7. The summed E-state index contributed by atoms with van der Waals surface area (Å²) in [5, 5.41) is 18.4. The molecule has 1 saturated heterocycles. The fraction of sp³-hybridized carbons (Fsp3) is 0.619. The number of benzene rings is 1. The van der Waals surface area contributed by atoms with Crippen LogP contribution in [-0.4, -0.2) is 51.4 Å². The van der Waals surface area contributed by atoms with Gasteiger partial charge in [0.1, 0.15) is 12.4 Å². The minimum Gasteiger partial charge on any atom is -0.335 e. The first kappa shape index (κ1) is 20.7. The predicted molar refractivity (Wildman–Crippen MR) is 109 cm³/mol. The number of tetrazole rings is 1. The summed E-state index contributed by atoms with van der Waals surface area (Å²) in [4.78, 5) is 13.7. The van der Waals surface area contributed by atoms with E-state index in [9.17, 15) is 9.18 Å². The van der Waals surface area contributed by atoms with E-state index >= 15 is 0 Å². The molecule has 2 aromatic rings. The van der Waals surface area contributed by atoms with Gasteiger partial charge in [-0.1, -0.05) is 31.4 Å². The maximum atomic E-state index is 13.1. The highest BCUT2D eigenvalue weighted by Gasteiger charge is 2.26. The van der Waals surface area contributed by atoms with Gasteiger partial charge in [-0.3, -0.25) is 0 Å². The van der Waals surface area contributed by atoms with Crippen molar-refractivity contribution in [3.63, 3.8) is 0 Å². The molecule has 1 aliphatic carbocycles. The number of urea groups is 1. The van der Waals surface area contributed by atoms with E-state index in [-0.39, 0.29) is 17.9 Å². The summed E-state index contributed by atoms with van der Waals surface area (Å²) in [6.45, 7) is 3.21. The summed E-state index contributed by atoms with van der Waals surface area (Å²) in [7, 11) is 0. The van der Waals surface area contributed by atoms with Crippen LogP contribution >= 0.6 is 0 Å². The standard InChI is InChI=1S/C21H30FN7O/c22-17-8-6-16(7-9-17)14-29-20(25-26-27-29)15-28-12-10-19(11-13-28)24-21(30)23-18-4-2-1-3-5-18/h6-9,18-19H,1-5,10-15H2,(H2,23,24,30)/p+1. The molecule has 2 aliphatic rings. The molecule has 0 radical (unpaired) electrons. The van der Waals surface area contributed by atoms with E-state index in [0.717, 1.165) is 56.7 Å². The summed E-state index contributed by atoms with van der Waals surface area (Å²) in [5.41, 5.74) is 0.965. The number of halogens is 1. The van der Waals surface area contributed by atoms with E-state index in [2.05, 4.69) is 26.2 Å². The lowest BCUT2D eigenvalue weighted by molar-refractivity contribution is -0.919. The zero-order chi connectivity index (χ0) is 20.8. The van der Waals surface area contributed by atoms with Crippen molar-refractivity contribution >= 4 is 6.03 Å². The van der Waals surface area contributed by atoms with E-state index < -0.39 is 0 Å². The van der Waals surface area contributed by atoms with Crippen molar-refractivity contribution in [2.24, 2.45) is 0 Å². The molecule has 1 aromatic heterocycles. The van der Waals surface area contributed by atoms with E-state index in [0.29, 0.717) is 12.6 Å². The second-order valence-corrected chi connectivity index (χ2v) is 8.53. The highest BCUT2D eigenvalue weighted by atomic mass is 19.1. The molecule has 3 N–H and O–H groups in total. The van der Waals surface area contributed by atoms with E-state index in [1.54, 1.807) is 16.8 Å². The third-order valence-corrected chi connectivity index (χ3v) is 6.23.